The summed E-state index contributed by atoms with van der Waals surface area (Å²) in [5.74, 6) is 0.277. The minimum atomic E-state index is -0.155. The molecule has 150 valence electrons. The minimum Gasteiger partial charge on any atom is -0.481 e. The maximum Gasteiger partial charge on any atom is 0.216 e. The molecule has 0 atom stereocenters. The zero-order valence-corrected chi connectivity index (χ0v) is 17.0. The predicted molar refractivity (Wildman–Crippen MR) is 114 cm³/mol. The first-order valence-corrected chi connectivity index (χ1v) is 9.59. The molecule has 2 aromatic carbocycles. The number of aliphatic hydroxyl groups excluding tert-OH is 1. The molecule has 0 fully saturated rings. The van der Waals surface area contributed by atoms with Crippen LogP contribution in [0.5, 0.6) is 5.88 Å². The molecule has 0 radical (unpaired) electrons. The van der Waals surface area contributed by atoms with Crippen LogP contribution in [-0.2, 0) is 13.0 Å². The molecule has 3 rings (SSSR count). The third kappa shape index (κ3) is 4.06. The Morgan fingerprint density at radius 2 is 1.69 bits per heavy atom. The molecule has 0 unspecified atom stereocenters. The van der Waals surface area contributed by atoms with Crippen molar-refractivity contribution >= 4 is 5.78 Å². The summed E-state index contributed by atoms with van der Waals surface area (Å²) in [6.45, 7) is 4.39. The van der Waals surface area contributed by atoms with Gasteiger partial charge in [-0.2, -0.15) is 0 Å². The van der Waals surface area contributed by atoms with E-state index in [1.807, 2.05) is 56.3 Å². The van der Waals surface area contributed by atoms with Crippen molar-refractivity contribution in [2.45, 2.75) is 26.9 Å². The molecule has 0 amide bonds. The van der Waals surface area contributed by atoms with Gasteiger partial charge in [0.2, 0.25) is 11.7 Å². The van der Waals surface area contributed by atoms with E-state index in [0.29, 0.717) is 30.1 Å². The van der Waals surface area contributed by atoms with E-state index in [1.54, 1.807) is 13.2 Å². The highest BCUT2D eigenvalue weighted by molar-refractivity contribution is 6.09. The number of ether oxygens (including phenoxy) is 1. The van der Waals surface area contributed by atoms with Crippen LogP contribution in [0.15, 0.2) is 48.5 Å². The average molecular weight is 390 g/mol. The topological polar surface area (TPSA) is 85.4 Å². The molecule has 0 aliphatic heterocycles. The van der Waals surface area contributed by atoms with Crippen molar-refractivity contribution in [1.82, 2.24) is 4.98 Å². The number of nitrogens with zero attached hydrogens (tertiary/aromatic N) is 1. The second kappa shape index (κ2) is 8.99. The molecule has 3 N–H and O–H groups in total. The van der Waals surface area contributed by atoms with Gasteiger partial charge in [-0.15, -0.1) is 0 Å². The molecular formula is C24H26N2O3. The fourth-order valence-electron chi connectivity index (χ4n) is 3.58. The lowest BCUT2D eigenvalue weighted by Gasteiger charge is -2.15. The zero-order valence-electron chi connectivity index (χ0n) is 17.0. The Bertz CT molecular complexity index is 1040. The quantitative estimate of drug-likeness (QED) is 0.602. The Hall–Kier alpha value is -3.02. The van der Waals surface area contributed by atoms with Crippen LogP contribution in [0, 0.1) is 13.8 Å². The van der Waals surface area contributed by atoms with E-state index in [-0.39, 0.29) is 12.4 Å². The van der Waals surface area contributed by atoms with E-state index in [1.165, 1.54) is 0 Å². The molecule has 5 heteroatoms. The van der Waals surface area contributed by atoms with Crippen LogP contribution >= 0.6 is 0 Å². The fraction of sp³-hybridized carbons (Fsp3) is 0.250. The number of hydrogen-bond acceptors (Lipinski definition) is 5. The normalized spacial score (nSPS) is 10.8. The highest BCUT2D eigenvalue weighted by Crippen LogP contribution is 2.31. The summed E-state index contributed by atoms with van der Waals surface area (Å²) in [5, 5.41) is 9.58. The lowest BCUT2D eigenvalue weighted by molar-refractivity contribution is 0.103. The van der Waals surface area contributed by atoms with Gasteiger partial charge in [0.15, 0.2) is 0 Å². The van der Waals surface area contributed by atoms with Crippen molar-refractivity contribution in [2.24, 2.45) is 5.73 Å². The lowest BCUT2D eigenvalue weighted by atomic mass is 9.90. The van der Waals surface area contributed by atoms with E-state index < -0.39 is 0 Å². The molecule has 0 saturated carbocycles. The van der Waals surface area contributed by atoms with Crippen LogP contribution in [-0.4, -0.2) is 29.5 Å². The summed E-state index contributed by atoms with van der Waals surface area (Å²) < 4.78 is 5.35. The third-order valence-corrected chi connectivity index (χ3v) is 5.26. The number of aromatic nitrogens is 1. The third-order valence-electron chi connectivity index (χ3n) is 5.26. The SMILES string of the molecule is COc1nc(C(=O)c2cccc(-c3cccc(CO)c3C)c2C)ccc1CCN. The highest BCUT2D eigenvalue weighted by Gasteiger charge is 2.18. The molecule has 0 bridgehead atoms. The number of pyridine rings is 1. The summed E-state index contributed by atoms with van der Waals surface area (Å²) in [5.41, 5.74) is 12.2. The van der Waals surface area contributed by atoms with Gasteiger partial charge in [0.25, 0.3) is 0 Å². The number of hydrogen-bond donors (Lipinski definition) is 2. The van der Waals surface area contributed by atoms with Crippen LogP contribution in [0.4, 0.5) is 0 Å². The predicted octanol–water partition coefficient (Wildman–Crippen LogP) is 3.60. The molecule has 29 heavy (non-hydrogen) atoms. The molecule has 0 aliphatic carbocycles. The van der Waals surface area contributed by atoms with Crippen molar-refractivity contribution < 1.29 is 14.6 Å². The molecule has 5 nitrogen and oxygen atoms in total. The summed E-state index contributed by atoms with van der Waals surface area (Å²) in [4.78, 5) is 17.6. The van der Waals surface area contributed by atoms with Gasteiger partial charge < -0.3 is 15.6 Å². The molecule has 3 aromatic rings. The smallest absolute Gasteiger partial charge is 0.216 e. The number of nitrogens with two attached hydrogens (primary N) is 1. The molecular weight excluding hydrogens is 364 g/mol. The second-order valence-corrected chi connectivity index (χ2v) is 6.96. The Kier molecular flexibility index (Phi) is 6.42. The van der Waals surface area contributed by atoms with Crippen molar-refractivity contribution in [3.8, 4) is 17.0 Å². The lowest BCUT2D eigenvalue weighted by Crippen LogP contribution is -2.10. The number of benzene rings is 2. The van der Waals surface area contributed by atoms with Crippen LogP contribution in [0.25, 0.3) is 11.1 Å². The summed E-state index contributed by atoms with van der Waals surface area (Å²) in [7, 11) is 1.54. The number of aliphatic hydroxyl groups is 1. The van der Waals surface area contributed by atoms with Crippen molar-refractivity contribution in [2.75, 3.05) is 13.7 Å². The molecule has 1 aromatic heterocycles. The van der Waals surface area contributed by atoms with Gasteiger partial charge in [-0.05, 0) is 60.7 Å². The molecule has 0 spiro atoms. The van der Waals surface area contributed by atoms with E-state index in [0.717, 1.165) is 33.4 Å². The van der Waals surface area contributed by atoms with Crippen LogP contribution in [0.2, 0.25) is 0 Å². The van der Waals surface area contributed by atoms with Crippen molar-refractivity contribution in [1.29, 1.82) is 0 Å². The molecule has 0 aliphatic rings. The average Bonchev–Trinajstić information content (AvgIpc) is 2.74. The Morgan fingerprint density at radius 3 is 2.34 bits per heavy atom. The van der Waals surface area contributed by atoms with Gasteiger partial charge in [0.05, 0.1) is 13.7 Å². The van der Waals surface area contributed by atoms with Gasteiger partial charge in [-0.1, -0.05) is 42.5 Å². The Labute approximate surface area is 171 Å². The maximum absolute atomic E-state index is 13.2. The second-order valence-electron chi connectivity index (χ2n) is 6.96. The summed E-state index contributed by atoms with van der Waals surface area (Å²) >= 11 is 0. The Balaban J connectivity index is 2.05. The van der Waals surface area contributed by atoms with Gasteiger partial charge >= 0.3 is 0 Å². The van der Waals surface area contributed by atoms with Crippen molar-refractivity contribution in [3.63, 3.8) is 0 Å². The first kappa shape index (κ1) is 20.7. The zero-order chi connectivity index (χ0) is 21.0. The molecule has 0 saturated heterocycles. The highest BCUT2D eigenvalue weighted by atomic mass is 16.5. The monoisotopic (exact) mass is 390 g/mol. The fourth-order valence-corrected chi connectivity index (χ4v) is 3.58. The van der Waals surface area contributed by atoms with Gasteiger partial charge in [0, 0.05) is 11.1 Å². The maximum atomic E-state index is 13.2. The van der Waals surface area contributed by atoms with Gasteiger partial charge in [-0.3, -0.25) is 4.79 Å². The number of methoxy groups -OCH3 is 1. The first-order valence-electron chi connectivity index (χ1n) is 9.59. The van der Waals surface area contributed by atoms with E-state index in [9.17, 15) is 9.90 Å². The van der Waals surface area contributed by atoms with E-state index in [4.69, 9.17) is 10.5 Å². The number of rotatable bonds is 7. The number of ketones is 1. The summed E-state index contributed by atoms with van der Waals surface area (Å²) in [6.07, 6.45) is 0.639. The number of carbonyl (C=O) groups excluding carboxylic acids is 1. The largest absolute Gasteiger partial charge is 0.481 e. The molecule has 1 heterocycles. The standard InChI is InChI=1S/C24H26N2O3/c1-15-18(14-27)6-4-7-19(15)20-8-5-9-21(16(20)2)23(28)22-11-10-17(12-13-25)24(26-22)29-3/h4-11,27H,12-14,25H2,1-3H3. The Morgan fingerprint density at radius 1 is 1.00 bits per heavy atom. The van der Waals surface area contributed by atoms with Gasteiger partial charge in [-0.25, -0.2) is 4.98 Å². The van der Waals surface area contributed by atoms with Crippen molar-refractivity contribution in [3.05, 3.63) is 82.0 Å². The summed E-state index contributed by atoms with van der Waals surface area (Å²) in [6, 6.07) is 15.1. The minimum absolute atomic E-state index is 0.0177. The van der Waals surface area contributed by atoms with Crippen LogP contribution < -0.4 is 10.5 Å². The number of carbonyl (C=O) groups is 1. The van der Waals surface area contributed by atoms with Gasteiger partial charge in [0.1, 0.15) is 5.69 Å². The van der Waals surface area contributed by atoms with E-state index in [2.05, 4.69) is 4.98 Å². The van der Waals surface area contributed by atoms with Crippen LogP contribution in [0.1, 0.15) is 38.3 Å². The van der Waals surface area contributed by atoms with Crippen LogP contribution in [0.3, 0.4) is 0 Å². The first-order chi connectivity index (χ1) is 14.0. The van der Waals surface area contributed by atoms with E-state index >= 15 is 0 Å².